The van der Waals surface area contributed by atoms with Gasteiger partial charge in [0, 0.05) is 6.04 Å². The predicted octanol–water partition coefficient (Wildman–Crippen LogP) is 3.84. The maximum absolute atomic E-state index is 13.0. The number of para-hydroxylation sites is 2. The lowest BCUT2D eigenvalue weighted by Gasteiger charge is -2.17. The molecule has 0 spiro atoms. The monoisotopic (exact) mass is 284 g/mol. The van der Waals surface area contributed by atoms with E-state index in [0.717, 1.165) is 11.0 Å². The fourth-order valence-corrected chi connectivity index (χ4v) is 2.59. The molecule has 3 rings (SSSR count). The summed E-state index contributed by atoms with van der Waals surface area (Å²) in [4.78, 5) is 4.55. The van der Waals surface area contributed by atoms with Gasteiger partial charge in [-0.2, -0.15) is 0 Å². The van der Waals surface area contributed by atoms with Crippen molar-refractivity contribution < 1.29 is 9.50 Å². The molecule has 21 heavy (non-hydrogen) atoms. The van der Waals surface area contributed by atoms with Crippen LogP contribution in [-0.4, -0.2) is 14.7 Å². The molecule has 4 heteroatoms. The number of aromatic nitrogens is 2. The summed E-state index contributed by atoms with van der Waals surface area (Å²) >= 11 is 0. The summed E-state index contributed by atoms with van der Waals surface area (Å²) in [5, 5.41) is 10.6. The van der Waals surface area contributed by atoms with Gasteiger partial charge in [-0.25, -0.2) is 9.37 Å². The zero-order valence-corrected chi connectivity index (χ0v) is 12.0. The molecular weight excluding hydrogens is 267 g/mol. The molecule has 1 unspecified atom stereocenters. The van der Waals surface area contributed by atoms with Crippen molar-refractivity contribution in [2.24, 2.45) is 0 Å². The van der Waals surface area contributed by atoms with Crippen molar-refractivity contribution in [1.29, 1.82) is 0 Å². The minimum atomic E-state index is -0.875. The third-order valence-electron chi connectivity index (χ3n) is 3.57. The van der Waals surface area contributed by atoms with E-state index < -0.39 is 6.10 Å². The number of hydrogen-bond acceptors (Lipinski definition) is 2. The van der Waals surface area contributed by atoms with Crippen LogP contribution in [-0.2, 0) is 0 Å². The van der Waals surface area contributed by atoms with E-state index in [1.165, 1.54) is 12.1 Å². The summed E-state index contributed by atoms with van der Waals surface area (Å²) in [6.45, 7) is 4.10. The molecule has 0 saturated carbocycles. The molecule has 0 fully saturated rings. The Morgan fingerprint density at radius 2 is 1.71 bits per heavy atom. The fourth-order valence-electron chi connectivity index (χ4n) is 2.59. The minimum Gasteiger partial charge on any atom is -0.380 e. The highest BCUT2D eigenvalue weighted by Gasteiger charge is 2.21. The van der Waals surface area contributed by atoms with Crippen LogP contribution < -0.4 is 0 Å². The fraction of sp³-hybridized carbons (Fsp3) is 0.235. The molecular formula is C17H17FN2O. The highest BCUT2D eigenvalue weighted by atomic mass is 19.1. The standard InChI is InChI=1S/C17H17FN2O/c1-11(2)20-15-6-4-3-5-14(15)19-17(20)16(21)12-7-9-13(18)10-8-12/h3-11,16,21H,1-2H3. The molecule has 0 radical (unpaired) electrons. The van der Waals surface area contributed by atoms with E-state index in [4.69, 9.17) is 0 Å². The molecule has 0 aliphatic carbocycles. The van der Waals surface area contributed by atoms with E-state index >= 15 is 0 Å². The van der Waals surface area contributed by atoms with Gasteiger partial charge in [-0.3, -0.25) is 0 Å². The Labute approximate surface area is 122 Å². The Morgan fingerprint density at radius 3 is 2.38 bits per heavy atom. The van der Waals surface area contributed by atoms with Crippen molar-refractivity contribution in [2.75, 3.05) is 0 Å². The Bertz CT molecular complexity index is 762. The Balaban J connectivity index is 2.14. The molecule has 0 amide bonds. The van der Waals surface area contributed by atoms with Crippen LogP contribution in [0.2, 0.25) is 0 Å². The van der Waals surface area contributed by atoms with Crippen LogP contribution in [0.15, 0.2) is 48.5 Å². The lowest BCUT2D eigenvalue weighted by Crippen LogP contribution is -2.12. The third kappa shape index (κ3) is 2.43. The van der Waals surface area contributed by atoms with Gasteiger partial charge in [-0.1, -0.05) is 24.3 Å². The van der Waals surface area contributed by atoms with Gasteiger partial charge < -0.3 is 9.67 Å². The Kier molecular flexibility index (Phi) is 3.47. The number of hydrogen-bond donors (Lipinski definition) is 1. The minimum absolute atomic E-state index is 0.169. The van der Waals surface area contributed by atoms with Crippen LogP contribution in [0.3, 0.4) is 0 Å². The summed E-state index contributed by atoms with van der Waals surface area (Å²) in [5.41, 5.74) is 2.47. The number of imidazole rings is 1. The maximum Gasteiger partial charge on any atom is 0.143 e. The molecule has 108 valence electrons. The second kappa shape index (κ2) is 5.30. The molecule has 1 atom stereocenters. The number of nitrogens with zero attached hydrogens (tertiary/aromatic N) is 2. The topological polar surface area (TPSA) is 38.0 Å². The first-order valence-electron chi connectivity index (χ1n) is 6.98. The normalized spacial score (nSPS) is 13.0. The van der Waals surface area contributed by atoms with Crippen molar-refractivity contribution in [3.05, 3.63) is 65.7 Å². The van der Waals surface area contributed by atoms with E-state index in [9.17, 15) is 9.50 Å². The van der Waals surface area contributed by atoms with Crippen LogP contribution in [0.5, 0.6) is 0 Å². The van der Waals surface area contributed by atoms with Crippen LogP contribution >= 0.6 is 0 Å². The molecule has 1 N–H and O–H groups in total. The molecule has 2 aromatic carbocycles. The number of benzene rings is 2. The predicted molar refractivity (Wildman–Crippen MR) is 80.6 cm³/mol. The van der Waals surface area contributed by atoms with Crippen molar-refractivity contribution >= 4 is 11.0 Å². The van der Waals surface area contributed by atoms with E-state index in [0.29, 0.717) is 11.4 Å². The van der Waals surface area contributed by atoms with Gasteiger partial charge in [0.1, 0.15) is 17.7 Å². The van der Waals surface area contributed by atoms with E-state index in [-0.39, 0.29) is 11.9 Å². The zero-order chi connectivity index (χ0) is 15.0. The van der Waals surface area contributed by atoms with Gasteiger partial charge in [-0.05, 0) is 43.7 Å². The highest BCUT2D eigenvalue weighted by Crippen LogP contribution is 2.28. The van der Waals surface area contributed by atoms with Crippen LogP contribution in [0, 0.1) is 5.82 Å². The Morgan fingerprint density at radius 1 is 1.05 bits per heavy atom. The number of aliphatic hydroxyl groups excluding tert-OH is 1. The summed E-state index contributed by atoms with van der Waals surface area (Å²) < 4.78 is 15.0. The number of fused-ring (bicyclic) bond motifs is 1. The van der Waals surface area contributed by atoms with Crippen molar-refractivity contribution in [3.63, 3.8) is 0 Å². The van der Waals surface area contributed by atoms with Crippen molar-refractivity contribution in [3.8, 4) is 0 Å². The lowest BCUT2D eigenvalue weighted by molar-refractivity contribution is 0.203. The molecule has 0 saturated heterocycles. The number of rotatable bonds is 3. The molecule has 3 aromatic rings. The van der Waals surface area contributed by atoms with Crippen LogP contribution in [0.1, 0.15) is 37.4 Å². The first-order valence-corrected chi connectivity index (χ1v) is 6.98. The van der Waals surface area contributed by atoms with E-state index in [1.54, 1.807) is 12.1 Å². The van der Waals surface area contributed by atoms with E-state index in [1.807, 2.05) is 28.8 Å². The SMILES string of the molecule is CC(C)n1c(C(O)c2ccc(F)cc2)nc2ccccc21. The summed E-state index contributed by atoms with van der Waals surface area (Å²) in [5.74, 6) is 0.265. The summed E-state index contributed by atoms with van der Waals surface area (Å²) in [7, 11) is 0. The van der Waals surface area contributed by atoms with Gasteiger partial charge in [0.2, 0.25) is 0 Å². The molecule has 0 aliphatic heterocycles. The Hall–Kier alpha value is -2.20. The van der Waals surface area contributed by atoms with Gasteiger partial charge in [0.05, 0.1) is 11.0 Å². The maximum atomic E-state index is 13.0. The van der Waals surface area contributed by atoms with Gasteiger partial charge in [0.15, 0.2) is 0 Å². The second-order valence-corrected chi connectivity index (χ2v) is 5.38. The molecule has 1 aromatic heterocycles. The van der Waals surface area contributed by atoms with Gasteiger partial charge in [0.25, 0.3) is 0 Å². The first-order chi connectivity index (χ1) is 10.1. The van der Waals surface area contributed by atoms with Gasteiger partial charge in [-0.15, -0.1) is 0 Å². The van der Waals surface area contributed by atoms with Gasteiger partial charge >= 0.3 is 0 Å². The average Bonchev–Trinajstić information content (AvgIpc) is 2.86. The second-order valence-electron chi connectivity index (χ2n) is 5.38. The molecule has 1 heterocycles. The van der Waals surface area contributed by atoms with Crippen molar-refractivity contribution in [1.82, 2.24) is 9.55 Å². The van der Waals surface area contributed by atoms with E-state index in [2.05, 4.69) is 18.8 Å². The number of halogens is 1. The number of aliphatic hydroxyl groups is 1. The molecule has 3 nitrogen and oxygen atoms in total. The first kappa shape index (κ1) is 13.8. The molecule has 0 bridgehead atoms. The summed E-state index contributed by atoms with van der Waals surface area (Å²) in [6.07, 6.45) is -0.875. The largest absolute Gasteiger partial charge is 0.380 e. The molecule has 0 aliphatic rings. The smallest absolute Gasteiger partial charge is 0.143 e. The quantitative estimate of drug-likeness (QED) is 0.793. The summed E-state index contributed by atoms with van der Waals surface area (Å²) in [6, 6.07) is 13.8. The van der Waals surface area contributed by atoms with Crippen LogP contribution in [0.25, 0.3) is 11.0 Å². The highest BCUT2D eigenvalue weighted by molar-refractivity contribution is 5.76. The lowest BCUT2D eigenvalue weighted by atomic mass is 10.1. The van der Waals surface area contributed by atoms with Crippen LogP contribution in [0.4, 0.5) is 4.39 Å². The zero-order valence-electron chi connectivity index (χ0n) is 12.0. The third-order valence-corrected chi connectivity index (χ3v) is 3.57. The van der Waals surface area contributed by atoms with Crippen molar-refractivity contribution in [2.45, 2.75) is 26.0 Å². The average molecular weight is 284 g/mol.